The van der Waals surface area contributed by atoms with E-state index in [-0.39, 0.29) is 12.8 Å². The third kappa shape index (κ3) is 3.03. The SMILES string of the molecule is C/C=C(\C)C(=O)O[C@H]1[C@]2(C)C[C@]3(O)[C@@]1(O)[C@H]1O[C@@]4(C(C)C)O[C@@]5(CC[C@]6(C)C(=CC(=O)O[C@H]6c6ccoc6)[C@@]15O4)[C@]3(C)[C@H]2CC(=O)OC. The van der Waals surface area contributed by atoms with Gasteiger partial charge in [0, 0.05) is 45.8 Å². The highest BCUT2D eigenvalue weighted by atomic mass is 17.0. The smallest absolute Gasteiger partial charge is 0.333 e. The number of methoxy groups -OCH3 is 1. The van der Waals surface area contributed by atoms with Gasteiger partial charge in [-0.15, -0.1) is 0 Å². The number of rotatable bonds is 6. The predicted molar refractivity (Wildman–Crippen MR) is 163 cm³/mol. The Kier molecular flexibility index (Phi) is 6.17. The Balaban J connectivity index is 1.44. The molecule has 0 aromatic carbocycles. The highest BCUT2D eigenvalue weighted by molar-refractivity contribution is 5.88. The Morgan fingerprint density at radius 3 is 2.50 bits per heavy atom. The maximum atomic E-state index is 13.6. The number of furan rings is 1. The van der Waals surface area contributed by atoms with E-state index in [1.54, 1.807) is 26.0 Å². The molecule has 4 aliphatic carbocycles. The van der Waals surface area contributed by atoms with Crippen LogP contribution >= 0.6 is 0 Å². The van der Waals surface area contributed by atoms with Gasteiger partial charge in [-0.3, -0.25) is 4.79 Å². The summed E-state index contributed by atoms with van der Waals surface area (Å²) in [5.74, 6) is -4.68. The van der Waals surface area contributed by atoms with E-state index in [0.29, 0.717) is 29.6 Å². The van der Waals surface area contributed by atoms with E-state index in [1.165, 1.54) is 25.7 Å². The highest BCUT2D eigenvalue weighted by Gasteiger charge is 3.02. The minimum absolute atomic E-state index is 0.0206. The quantitative estimate of drug-likeness (QED) is 0.257. The molecule has 260 valence electrons. The summed E-state index contributed by atoms with van der Waals surface area (Å²) in [5, 5.41) is 26.8. The van der Waals surface area contributed by atoms with Crippen molar-refractivity contribution in [3.8, 4) is 0 Å². The Bertz CT molecular complexity index is 1700. The molecule has 12 atom stereocenters. The number of ether oxygens (including phenoxy) is 6. The van der Waals surface area contributed by atoms with Crippen molar-refractivity contribution in [1.29, 1.82) is 0 Å². The van der Waals surface area contributed by atoms with Crippen molar-refractivity contribution in [2.75, 3.05) is 7.11 Å². The Labute approximate surface area is 278 Å². The van der Waals surface area contributed by atoms with Crippen LogP contribution in [0.4, 0.5) is 0 Å². The number of carbonyl (C=O) groups excluding carboxylic acids is 3. The number of allylic oxidation sites excluding steroid dienone is 1. The van der Waals surface area contributed by atoms with E-state index in [9.17, 15) is 24.6 Å². The van der Waals surface area contributed by atoms with Crippen molar-refractivity contribution in [3.05, 3.63) is 47.5 Å². The highest BCUT2D eigenvalue weighted by Crippen LogP contribution is 2.88. The minimum atomic E-state index is -2.28. The number of cyclic esters (lactones) is 1. The number of esters is 3. The minimum Gasteiger partial charge on any atom is -0.472 e. The van der Waals surface area contributed by atoms with Crippen molar-refractivity contribution in [2.45, 2.75) is 121 Å². The number of hydrogen-bond acceptors (Lipinski definition) is 12. The Morgan fingerprint density at radius 1 is 1.15 bits per heavy atom. The second-order valence-corrected chi connectivity index (χ2v) is 16.0. The third-order valence-corrected chi connectivity index (χ3v) is 14.0. The summed E-state index contributed by atoms with van der Waals surface area (Å²) in [6.45, 7) is 12.7. The molecule has 48 heavy (non-hydrogen) atoms. The average Bonchev–Trinajstić information content (AvgIpc) is 3.83. The molecule has 12 heteroatoms. The summed E-state index contributed by atoms with van der Waals surface area (Å²) in [5.41, 5.74) is -9.36. The largest absolute Gasteiger partial charge is 0.472 e. The molecule has 2 N–H and O–H groups in total. The first-order valence-electron chi connectivity index (χ1n) is 16.8. The average molecular weight is 669 g/mol. The van der Waals surface area contributed by atoms with E-state index in [0.717, 1.165) is 0 Å². The van der Waals surface area contributed by atoms with Gasteiger partial charge in [-0.25, -0.2) is 9.59 Å². The first-order valence-corrected chi connectivity index (χ1v) is 16.8. The van der Waals surface area contributed by atoms with Gasteiger partial charge < -0.3 is 43.1 Å². The van der Waals surface area contributed by atoms with Crippen LogP contribution in [-0.4, -0.2) is 75.8 Å². The zero-order chi connectivity index (χ0) is 34.7. The van der Waals surface area contributed by atoms with Gasteiger partial charge in [-0.05, 0) is 50.7 Å². The van der Waals surface area contributed by atoms with Crippen molar-refractivity contribution in [3.63, 3.8) is 0 Å². The summed E-state index contributed by atoms with van der Waals surface area (Å²) in [6.07, 6.45) is 3.14. The topological polar surface area (TPSA) is 160 Å². The van der Waals surface area contributed by atoms with Crippen LogP contribution in [0, 0.1) is 28.1 Å². The number of carbonyl (C=O) groups is 3. The lowest BCUT2D eigenvalue weighted by atomic mass is 9.35. The predicted octanol–water partition coefficient (Wildman–Crippen LogP) is 3.80. The van der Waals surface area contributed by atoms with Gasteiger partial charge in [0.1, 0.15) is 29.5 Å². The molecule has 3 aliphatic heterocycles. The lowest BCUT2D eigenvalue weighted by Crippen LogP contribution is -2.92. The standard InChI is InChI=1S/C36H44O12/c1-9-19(4)26(39)45-27-30(6)17-32(40)31(7,21(30)14-23(37)42-8)33-12-11-29(5)22(15-24(38)44-25(29)20-10-13-43-16-20)35(33)28(34(27,32)41)46-36(47-33,48-35)18(2)3/h9-10,13,15-16,18,21,25,27-28,40-41H,11-12,14,17H2,1-8H3/b19-9+/t21-,25-,27-,28+,29+,30+,31+,32+,33-,34-,35+,36-/m0/s1. The third-order valence-electron chi connectivity index (χ3n) is 14.0. The van der Waals surface area contributed by atoms with Crippen LogP contribution in [0.5, 0.6) is 0 Å². The molecule has 6 fully saturated rings. The van der Waals surface area contributed by atoms with Crippen LogP contribution in [0.1, 0.15) is 85.8 Å². The molecule has 4 heterocycles. The van der Waals surface area contributed by atoms with Crippen molar-refractivity contribution in [2.24, 2.45) is 28.1 Å². The van der Waals surface area contributed by atoms with E-state index in [2.05, 4.69) is 0 Å². The molecule has 8 rings (SSSR count). The van der Waals surface area contributed by atoms with Gasteiger partial charge >= 0.3 is 17.9 Å². The number of aliphatic hydroxyl groups is 2. The van der Waals surface area contributed by atoms with Gasteiger partial charge in [0.2, 0.25) is 0 Å². The lowest BCUT2D eigenvalue weighted by Gasteiger charge is -2.75. The normalized spacial score (nSPS) is 50.9. The first kappa shape index (κ1) is 32.2. The summed E-state index contributed by atoms with van der Waals surface area (Å²) in [4.78, 5) is 40.5. The summed E-state index contributed by atoms with van der Waals surface area (Å²) in [7, 11) is 1.30. The number of hydrogen-bond donors (Lipinski definition) is 2. The molecule has 0 amide bonds. The second kappa shape index (κ2) is 9.19. The van der Waals surface area contributed by atoms with Gasteiger partial charge in [0.25, 0.3) is 5.97 Å². The Morgan fingerprint density at radius 2 is 1.88 bits per heavy atom. The fraction of sp³-hybridized carbons (Fsp3) is 0.694. The lowest BCUT2D eigenvalue weighted by molar-refractivity contribution is -0.454. The van der Waals surface area contributed by atoms with Gasteiger partial charge in [-0.2, -0.15) is 0 Å². The molecule has 0 unspecified atom stereocenters. The van der Waals surface area contributed by atoms with Gasteiger partial charge in [0.05, 0.1) is 19.6 Å². The van der Waals surface area contributed by atoms with Crippen LogP contribution in [0.25, 0.3) is 0 Å². The van der Waals surface area contributed by atoms with Crippen LogP contribution in [0.2, 0.25) is 0 Å². The van der Waals surface area contributed by atoms with Gasteiger partial charge in [0.15, 0.2) is 11.2 Å². The van der Waals surface area contributed by atoms with Crippen LogP contribution in [0.15, 0.2) is 46.3 Å². The maximum Gasteiger partial charge on any atom is 0.333 e. The van der Waals surface area contributed by atoms with Crippen LogP contribution in [0.3, 0.4) is 0 Å². The second-order valence-electron chi connectivity index (χ2n) is 16.0. The molecule has 1 aromatic heterocycles. The molecule has 4 bridgehead atoms. The zero-order valence-corrected chi connectivity index (χ0v) is 28.6. The van der Waals surface area contributed by atoms with Crippen molar-refractivity contribution in [1.82, 2.24) is 0 Å². The molecule has 0 radical (unpaired) electrons. The van der Waals surface area contributed by atoms with Crippen LogP contribution < -0.4 is 0 Å². The molecule has 2 saturated heterocycles. The van der Waals surface area contributed by atoms with E-state index >= 15 is 0 Å². The molecule has 1 aromatic rings. The number of fused-ring (bicyclic) bond motifs is 4. The molecular weight excluding hydrogens is 624 g/mol. The molecular formula is C36H44O12. The first-order chi connectivity index (χ1) is 22.4. The monoisotopic (exact) mass is 668 g/mol. The zero-order valence-electron chi connectivity index (χ0n) is 28.6. The van der Waals surface area contributed by atoms with Gasteiger partial charge in [-0.1, -0.05) is 40.7 Å². The van der Waals surface area contributed by atoms with Crippen LogP contribution in [-0.2, 0) is 42.8 Å². The summed E-state index contributed by atoms with van der Waals surface area (Å²) >= 11 is 0. The molecule has 1 spiro atoms. The van der Waals surface area contributed by atoms with E-state index < -0.39 is 92.7 Å². The molecule has 12 nitrogen and oxygen atoms in total. The maximum absolute atomic E-state index is 13.6. The fourth-order valence-electron chi connectivity index (χ4n) is 11.7. The summed E-state index contributed by atoms with van der Waals surface area (Å²) < 4.78 is 44.0. The van der Waals surface area contributed by atoms with Crippen molar-refractivity contribution >= 4 is 17.9 Å². The van der Waals surface area contributed by atoms with E-state index in [4.69, 9.17) is 32.8 Å². The van der Waals surface area contributed by atoms with E-state index in [1.807, 2.05) is 34.6 Å². The van der Waals surface area contributed by atoms with Crippen molar-refractivity contribution < 1.29 is 57.4 Å². The Hall–Kier alpha value is -3.03. The molecule has 4 saturated carbocycles. The summed E-state index contributed by atoms with van der Waals surface area (Å²) in [6, 6.07) is 1.75. The molecule has 7 aliphatic rings. The fourth-order valence-corrected chi connectivity index (χ4v) is 11.7.